The molecule has 4 aromatic rings. The molecule has 0 amide bonds. The molecule has 3 aliphatic rings. The largest absolute Gasteiger partial charge is 0.454 e. The Labute approximate surface area is 248 Å². The molecule has 0 saturated carbocycles. The number of carbonyl (C=O) groups excluding carboxylic acids is 2. The maximum atomic E-state index is 13.7. The fraction of sp³-hybridized carbons (Fsp3) is 0.316. The van der Waals surface area contributed by atoms with Crippen molar-refractivity contribution in [3.05, 3.63) is 142 Å². The third kappa shape index (κ3) is 4.73. The minimum absolute atomic E-state index is 0.149. The highest BCUT2D eigenvalue weighted by Crippen LogP contribution is 2.58. The summed E-state index contributed by atoms with van der Waals surface area (Å²) < 4.78 is 12.9. The van der Waals surface area contributed by atoms with Crippen molar-refractivity contribution in [3.8, 4) is 0 Å². The number of fused-ring (bicyclic) bond motifs is 1. The average Bonchev–Trinajstić information content (AvgIpc) is 2.97. The van der Waals surface area contributed by atoms with Crippen LogP contribution < -0.4 is 0 Å². The highest BCUT2D eigenvalue weighted by molar-refractivity contribution is 5.91. The fourth-order valence-electron chi connectivity index (χ4n) is 6.89. The standard InChI is InChI=1S/C38H38O4/c1-37(2,3)27-21-13-19-25-29-26-20-14-22-28(38(4,5)6)31(26)32(30(25)27)34(42-36(40)24-17-11-8-12-18-24)33(29)41-35(39)23-15-9-7-10-16-23/h7-22,29,32-34H,1-6H3/t29-,32-,33?,34?. The van der Waals surface area contributed by atoms with Crippen LogP contribution in [0.15, 0.2) is 97.1 Å². The molecular weight excluding hydrogens is 520 g/mol. The van der Waals surface area contributed by atoms with E-state index in [0.29, 0.717) is 11.1 Å². The summed E-state index contributed by atoms with van der Waals surface area (Å²) in [7, 11) is 0. The number of ether oxygens (including phenoxy) is 2. The van der Waals surface area contributed by atoms with Gasteiger partial charge < -0.3 is 9.47 Å². The van der Waals surface area contributed by atoms with Gasteiger partial charge >= 0.3 is 11.9 Å². The monoisotopic (exact) mass is 558 g/mol. The van der Waals surface area contributed by atoms with E-state index in [9.17, 15) is 9.59 Å². The Bertz CT molecular complexity index is 1580. The topological polar surface area (TPSA) is 52.6 Å². The number of benzene rings is 4. The zero-order chi connectivity index (χ0) is 29.8. The molecule has 0 heterocycles. The Morgan fingerprint density at radius 1 is 0.500 bits per heavy atom. The van der Waals surface area contributed by atoms with Crippen LogP contribution in [0.5, 0.6) is 0 Å². The van der Waals surface area contributed by atoms with Gasteiger partial charge in [0.05, 0.1) is 23.0 Å². The van der Waals surface area contributed by atoms with Crippen molar-refractivity contribution < 1.29 is 19.1 Å². The van der Waals surface area contributed by atoms with Crippen LogP contribution in [0.3, 0.4) is 0 Å². The molecule has 2 bridgehead atoms. The lowest BCUT2D eigenvalue weighted by atomic mass is 9.56. The summed E-state index contributed by atoms with van der Waals surface area (Å²) >= 11 is 0. The minimum atomic E-state index is -0.706. The zero-order valence-electron chi connectivity index (χ0n) is 25.2. The smallest absolute Gasteiger partial charge is 0.338 e. The van der Waals surface area contributed by atoms with Gasteiger partial charge in [-0.05, 0) is 68.5 Å². The summed E-state index contributed by atoms with van der Waals surface area (Å²) in [6, 6.07) is 31.0. The second-order valence-electron chi connectivity index (χ2n) is 13.5. The molecule has 0 spiro atoms. The molecule has 214 valence electrons. The lowest BCUT2D eigenvalue weighted by Gasteiger charge is -2.51. The number of esters is 2. The maximum absolute atomic E-state index is 13.7. The summed E-state index contributed by atoms with van der Waals surface area (Å²) in [4.78, 5) is 27.3. The Morgan fingerprint density at radius 3 is 1.26 bits per heavy atom. The average molecular weight is 559 g/mol. The Balaban J connectivity index is 1.60. The summed E-state index contributed by atoms with van der Waals surface area (Å²) in [5.41, 5.74) is 7.76. The van der Waals surface area contributed by atoms with Gasteiger partial charge in [-0.3, -0.25) is 0 Å². The minimum Gasteiger partial charge on any atom is -0.454 e. The SMILES string of the molecule is CC(C)(C)c1cccc2c1[C@H]1c3c(C(C)(C)C)cccc3[C@H]2C(OC(=O)c2ccccc2)C1OC(=O)c1ccccc1. The lowest BCUT2D eigenvalue weighted by molar-refractivity contribution is -0.0562. The molecule has 0 aliphatic heterocycles. The molecule has 2 unspecified atom stereocenters. The Hall–Kier alpha value is -4.18. The normalized spacial score (nSPS) is 20.8. The van der Waals surface area contributed by atoms with Crippen LogP contribution in [0, 0.1) is 0 Å². The lowest BCUT2D eigenvalue weighted by Crippen LogP contribution is -2.52. The predicted octanol–water partition coefficient (Wildman–Crippen LogP) is 8.32. The first-order chi connectivity index (χ1) is 20.0. The summed E-state index contributed by atoms with van der Waals surface area (Å²) in [5, 5.41) is 0. The van der Waals surface area contributed by atoms with E-state index in [-0.39, 0.29) is 22.7 Å². The first-order valence-electron chi connectivity index (χ1n) is 14.8. The fourth-order valence-corrected chi connectivity index (χ4v) is 6.89. The van der Waals surface area contributed by atoms with E-state index in [1.807, 2.05) is 36.4 Å². The van der Waals surface area contributed by atoms with E-state index in [4.69, 9.17) is 9.47 Å². The van der Waals surface area contributed by atoms with Crippen LogP contribution in [0.1, 0.15) is 107 Å². The predicted molar refractivity (Wildman–Crippen MR) is 165 cm³/mol. The molecule has 7 rings (SSSR count). The molecule has 0 aromatic heterocycles. The molecule has 4 heteroatoms. The van der Waals surface area contributed by atoms with E-state index in [2.05, 4.69) is 77.9 Å². The molecule has 2 atom stereocenters. The Morgan fingerprint density at radius 2 is 0.881 bits per heavy atom. The molecule has 0 N–H and O–H groups in total. The first-order valence-corrected chi connectivity index (χ1v) is 14.8. The van der Waals surface area contributed by atoms with Gasteiger partial charge in [-0.1, -0.05) is 114 Å². The van der Waals surface area contributed by atoms with Crippen molar-refractivity contribution in [2.45, 2.75) is 76.4 Å². The van der Waals surface area contributed by atoms with Crippen LogP contribution >= 0.6 is 0 Å². The highest BCUT2D eigenvalue weighted by Gasteiger charge is 2.56. The van der Waals surface area contributed by atoms with Crippen LogP contribution in [-0.2, 0) is 20.3 Å². The second-order valence-corrected chi connectivity index (χ2v) is 13.5. The number of rotatable bonds is 4. The maximum Gasteiger partial charge on any atom is 0.338 e. The third-order valence-electron chi connectivity index (χ3n) is 8.67. The zero-order valence-corrected chi connectivity index (χ0v) is 25.2. The van der Waals surface area contributed by atoms with Gasteiger partial charge in [-0.2, -0.15) is 0 Å². The van der Waals surface area contributed by atoms with Crippen LogP contribution in [-0.4, -0.2) is 24.1 Å². The summed E-state index contributed by atoms with van der Waals surface area (Å²) in [5.74, 6) is -1.42. The quantitative estimate of drug-likeness (QED) is 0.236. The van der Waals surface area contributed by atoms with E-state index in [1.54, 1.807) is 24.3 Å². The molecule has 0 fully saturated rings. The van der Waals surface area contributed by atoms with Crippen LogP contribution in [0.2, 0.25) is 0 Å². The molecule has 0 radical (unpaired) electrons. The van der Waals surface area contributed by atoms with Gasteiger partial charge in [0.1, 0.15) is 0 Å². The van der Waals surface area contributed by atoms with Crippen molar-refractivity contribution in [2.75, 3.05) is 0 Å². The Kier molecular flexibility index (Phi) is 6.84. The highest BCUT2D eigenvalue weighted by atomic mass is 16.6. The van der Waals surface area contributed by atoms with Crippen molar-refractivity contribution in [1.82, 2.24) is 0 Å². The molecular formula is C38H38O4. The van der Waals surface area contributed by atoms with Crippen LogP contribution in [0.4, 0.5) is 0 Å². The number of hydrogen-bond acceptors (Lipinski definition) is 4. The summed E-state index contributed by atoms with van der Waals surface area (Å²) in [6.07, 6.45) is -1.40. The van der Waals surface area contributed by atoms with E-state index < -0.39 is 24.1 Å². The molecule has 42 heavy (non-hydrogen) atoms. The van der Waals surface area contributed by atoms with Crippen molar-refractivity contribution in [2.24, 2.45) is 0 Å². The summed E-state index contributed by atoms with van der Waals surface area (Å²) in [6.45, 7) is 13.3. The van der Waals surface area contributed by atoms with Gasteiger partial charge in [0, 0.05) is 0 Å². The van der Waals surface area contributed by atoms with Gasteiger partial charge in [-0.25, -0.2) is 9.59 Å². The molecule has 3 aliphatic carbocycles. The molecule has 4 nitrogen and oxygen atoms in total. The van der Waals surface area contributed by atoms with Gasteiger partial charge in [0.25, 0.3) is 0 Å². The van der Waals surface area contributed by atoms with Crippen LogP contribution in [0.25, 0.3) is 0 Å². The van der Waals surface area contributed by atoms with Crippen molar-refractivity contribution >= 4 is 11.9 Å². The van der Waals surface area contributed by atoms with Gasteiger partial charge in [0.2, 0.25) is 0 Å². The molecule has 0 saturated heterocycles. The van der Waals surface area contributed by atoms with E-state index in [0.717, 1.165) is 11.1 Å². The van der Waals surface area contributed by atoms with E-state index in [1.165, 1.54) is 22.3 Å². The van der Waals surface area contributed by atoms with Crippen molar-refractivity contribution in [3.63, 3.8) is 0 Å². The number of carbonyl (C=O) groups is 2. The first kappa shape index (κ1) is 28.0. The van der Waals surface area contributed by atoms with E-state index >= 15 is 0 Å². The van der Waals surface area contributed by atoms with Crippen molar-refractivity contribution in [1.29, 1.82) is 0 Å². The number of hydrogen-bond donors (Lipinski definition) is 0. The third-order valence-corrected chi connectivity index (χ3v) is 8.67. The van der Waals surface area contributed by atoms with Gasteiger partial charge in [-0.15, -0.1) is 0 Å². The molecule has 4 aromatic carbocycles. The second kappa shape index (κ2) is 10.3. The van der Waals surface area contributed by atoms with Gasteiger partial charge in [0.15, 0.2) is 12.2 Å².